The van der Waals surface area contributed by atoms with Crippen molar-refractivity contribution in [1.29, 1.82) is 0 Å². The van der Waals surface area contributed by atoms with Gasteiger partial charge in [0.2, 0.25) is 10.0 Å². The fourth-order valence-electron chi connectivity index (χ4n) is 1.99. The molecule has 0 bridgehead atoms. The van der Waals surface area contributed by atoms with Crippen LogP contribution < -0.4 is 4.72 Å². The van der Waals surface area contributed by atoms with E-state index in [-0.39, 0.29) is 16.3 Å². The lowest BCUT2D eigenvalue weighted by Gasteiger charge is -2.14. The zero-order chi connectivity index (χ0) is 14.0. The summed E-state index contributed by atoms with van der Waals surface area (Å²) in [5.74, 6) is -0.485. The molecule has 1 aliphatic rings. The molecule has 0 aromatic heterocycles. The molecule has 4 nitrogen and oxygen atoms in total. The maximum atomic E-state index is 13.3. The maximum absolute atomic E-state index is 13.3. The van der Waals surface area contributed by atoms with Crippen LogP contribution in [0.5, 0.6) is 0 Å². The Balaban J connectivity index is 2.13. The summed E-state index contributed by atoms with van der Waals surface area (Å²) < 4.78 is 45.3. The largest absolute Gasteiger partial charge is 0.377 e. The maximum Gasteiger partial charge on any atom is 0.235 e. The van der Waals surface area contributed by atoms with Crippen LogP contribution in [0.2, 0.25) is 0 Å². The fourth-order valence-corrected chi connectivity index (χ4v) is 3.72. The van der Waals surface area contributed by atoms with E-state index in [9.17, 15) is 12.8 Å². The molecule has 1 aromatic rings. The third kappa shape index (κ3) is 3.90. The van der Waals surface area contributed by atoms with Gasteiger partial charge in [-0.2, -0.15) is 0 Å². The van der Waals surface area contributed by atoms with Crippen LogP contribution in [0.3, 0.4) is 0 Å². The normalized spacial score (nSPS) is 19.6. The zero-order valence-corrected chi connectivity index (χ0v) is 12.9. The summed E-state index contributed by atoms with van der Waals surface area (Å²) in [5.41, 5.74) is 0.919. The van der Waals surface area contributed by atoms with Crippen molar-refractivity contribution in [3.8, 4) is 0 Å². The number of nitrogens with one attached hydrogen (secondary N) is 1. The Morgan fingerprint density at radius 1 is 1.53 bits per heavy atom. The molecule has 0 radical (unpaired) electrons. The summed E-state index contributed by atoms with van der Waals surface area (Å²) in [6.45, 7) is 2.26. The molecule has 1 unspecified atom stereocenters. The van der Waals surface area contributed by atoms with E-state index in [0.717, 1.165) is 12.8 Å². The van der Waals surface area contributed by atoms with Crippen molar-refractivity contribution in [3.05, 3.63) is 28.0 Å². The van der Waals surface area contributed by atoms with Crippen molar-refractivity contribution in [3.63, 3.8) is 0 Å². The number of anilines is 1. The molecule has 0 aliphatic carbocycles. The van der Waals surface area contributed by atoms with Crippen LogP contribution in [0.25, 0.3) is 0 Å². The molecule has 0 amide bonds. The zero-order valence-electron chi connectivity index (χ0n) is 10.4. The van der Waals surface area contributed by atoms with Gasteiger partial charge in [-0.25, -0.2) is 12.8 Å². The van der Waals surface area contributed by atoms with Crippen LogP contribution in [0, 0.1) is 12.7 Å². The summed E-state index contributed by atoms with van der Waals surface area (Å²) in [5, 5.41) is 0. The highest BCUT2D eigenvalue weighted by atomic mass is 79.9. The fraction of sp³-hybridized carbons (Fsp3) is 0.500. The third-order valence-electron chi connectivity index (χ3n) is 2.96. The first-order valence-electron chi connectivity index (χ1n) is 5.95. The number of halogens is 2. The first kappa shape index (κ1) is 14.7. The van der Waals surface area contributed by atoms with Crippen LogP contribution in [-0.2, 0) is 14.8 Å². The number of aryl methyl sites for hydroxylation is 1. The molecular formula is C12H15BrFNO3S. The highest BCUT2D eigenvalue weighted by Gasteiger charge is 2.23. The lowest BCUT2D eigenvalue weighted by Crippen LogP contribution is -2.26. The Hall–Kier alpha value is -0.660. The Morgan fingerprint density at radius 3 is 2.89 bits per heavy atom. The Morgan fingerprint density at radius 2 is 2.26 bits per heavy atom. The Bertz CT molecular complexity index is 571. The van der Waals surface area contributed by atoms with E-state index in [1.165, 1.54) is 12.1 Å². The molecule has 1 N–H and O–H groups in total. The second-order valence-electron chi connectivity index (χ2n) is 4.60. The van der Waals surface area contributed by atoms with E-state index in [0.29, 0.717) is 17.9 Å². The quantitative estimate of drug-likeness (QED) is 0.907. The summed E-state index contributed by atoms with van der Waals surface area (Å²) in [6, 6.07) is 2.71. The van der Waals surface area contributed by atoms with Gasteiger partial charge in [0.15, 0.2) is 0 Å². The number of benzene rings is 1. The van der Waals surface area contributed by atoms with Crippen LogP contribution in [0.15, 0.2) is 16.6 Å². The predicted octanol–water partition coefficient (Wildman–Crippen LogP) is 2.82. The smallest absolute Gasteiger partial charge is 0.235 e. The Labute approximate surface area is 120 Å². The average Bonchev–Trinajstić information content (AvgIpc) is 2.77. The second-order valence-corrected chi connectivity index (χ2v) is 7.22. The van der Waals surface area contributed by atoms with Crippen LogP contribution in [0.1, 0.15) is 18.4 Å². The summed E-state index contributed by atoms with van der Waals surface area (Å²) in [6.07, 6.45) is 1.40. The van der Waals surface area contributed by atoms with Crippen molar-refractivity contribution in [2.24, 2.45) is 0 Å². The molecule has 19 heavy (non-hydrogen) atoms. The standard InChI is InChI=1S/C12H15BrFNO3S/c1-8-5-11(14)10(13)6-12(8)15-19(16,17)7-9-3-2-4-18-9/h5-6,9,15H,2-4,7H2,1H3. The molecular weight excluding hydrogens is 337 g/mol. The van der Waals surface area contributed by atoms with E-state index in [1.807, 2.05) is 0 Å². The van der Waals surface area contributed by atoms with Crippen molar-refractivity contribution in [2.75, 3.05) is 17.1 Å². The molecule has 1 atom stereocenters. The second kappa shape index (κ2) is 5.76. The summed E-state index contributed by atoms with van der Waals surface area (Å²) >= 11 is 3.04. The monoisotopic (exact) mass is 351 g/mol. The summed E-state index contributed by atoms with van der Waals surface area (Å²) in [4.78, 5) is 0. The average molecular weight is 352 g/mol. The molecule has 2 rings (SSSR count). The van der Waals surface area contributed by atoms with Gasteiger partial charge in [-0.15, -0.1) is 0 Å². The molecule has 0 saturated carbocycles. The van der Waals surface area contributed by atoms with E-state index >= 15 is 0 Å². The minimum absolute atomic E-state index is 0.0680. The number of ether oxygens (including phenoxy) is 1. The number of hydrogen-bond donors (Lipinski definition) is 1. The minimum atomic E-state index is -3.49. The molecule has 1 fully saturated rings. The van der Waals surface area contributed by atoms with Gasteiger partial charge in [0.25, 0.3) is 0 Å². The lowest BCUT2D eigenvalue weighted by atomic mass is 10.2. The van der Waals surface area contributed by atoms with Gasteiger partial charge in [0.05, 0.1) is 22.0 Å². The summed E-state index contributed by atoms with van der Waals surface area (Å²) in [7, 11) is -3.49. The number of rotatable bonds is 4. The van der Waals surface area contributed by atoms with Crippen LogP contribution in [0.4, 0.5) is 10.1 Å². The van der Waals surface area contributed by atoms with Crippen molar-refractivity contribution in [1.82, 2.24) is 0 Å². The molecule has 1 heterocycles. The topological polar surface area (TPSA) is 55.4 Å². The highest BCUT2D eigenvalue weighted by Crippen LogP contribution is 2.25. The van der Waals surface area contributed by atoms with E-state index in [1.54, 1.807) is 6.92 Å². The predicted molar refractivity (Wildman–Crippen MR) is 75.2 cm³/mol. The molecule has 0 spiro atoms. The van der Waals surface area contributed by atoms with Crippen molar-refractivity contribution in [2.45, 2.75) is 25.9 Å². The third-order valence-corrected chi connectivity index (χ3v) is 4.91. The van der Waals surface area contributed by atoms with E-state index < -0.39 is 15.8 Å². The van der Waals surface area contributed by atoms with Crippen LogP contribution >= 0.6 is 15.9 Å². The molecule has 106 valence electrons. The van der Waals surface area contributed by atoms with Gasteiger partial charge >= 0.3 is 0 Å². The molecule has 1 aliphatic heterocycles. The van der Waals surface area contributed by atoms with Crippen molar-refractivity contribution < 1.29 is 17.5 Å². The number of sulfonamides is 1. The van der Waals surface area contributed by atoms with E-state index in [4.69, 9.17) is 4.74 Å². The number of hydrogen-bond acceptors (Lipinski definition) is 3. The van der Waals surface area contributed by atoms with Gasteiger partial charge in [-0.05, 0) is 53.4 Å². The lowest BCUT2D eigenvalue weighted by molar-refractivity contribution is 0.127. The minimum Gasteiger partial charge on any atom is -0.377 e. The first-order chi connectivity index (χ1) is 8.87. The van der Waals surface area contributed by atoms with Crippen molar-refractivity contribution >= 4 is 31.6 Å². The van der Waals surface area contributed by atoms with Gasteiger partial charge in [0, 0.05) is 6.61 Å². The van der Waals surface area contributed by atoms with Gasteiger partial charge in [-0.3, -0.25) is 4.72 Å². The van der Waals surface area contributed by atoms with Gasteiger partial charge < -0.3 is 4.74 Å². The molecule has 1 saturated heterocycles. The Kier molecular flexibility index (Phi) is 4.47. The van der Waals surface area contributed by atoms with Gasteiger partial charge in [0.1, 0.15) is 5.82 Å². The van der Waals surface area contributed by atoms with Gasteiger partial charge in [-0.1, -0.05) is 0 Å². The molecule has 7 heteroatoms. The van der Waals surface area contributed by atoms with E-state index in [2.05, 4.69) is 20.7 Å². The highest BCUT2D eigenvalue weighted by molar-refractivity contribution is 9.10. The molecule has 1 aromatic carbocycles. The SMILES string of the molecule is Cc1cc(F)c(Br)cc1NS(=O)(=O)CC1CCCO1. The first-order valence-corrected chi connectivity index (χ1v) is 8.39. The van der Waals surface area contributed by atoms with Crippen LogP contribution in [-0.4, -0.2) is 26.9 Å².